The molecule has 0 spiro atoms. The van der Waals surface area contributed by atoms with Crippen LogP contribution in [0.4, 0.5) is 30.2 Å². The highest BCUT2D eigenvalue weighted by molar-refractivity contribution is 6.05. The number of carbonyl (C=O) groups excluding carboxylic acids is 2. The fourth-order valence-corrected chi connectivity index (χ4v) is 3.16. The van der Waals surface area contributed by atoms with Crippen molar-refractivity contribution in [3.63, 3.8) is 0 Å². The van der Waals surface area contributed by atoms with Crippen molar-refractivity contribution in [1.29, 1.82) is 0 Å². The van der Waals surface area contributed by atoms with E-state index in [0.717, 1.165) is 12.1 Å². The molecule has 0 aliphatic rings. The number of rotatable bonds is 11. The third-order valence-electron chi connectivity index (χ3n) is 4.84. The molecule has 0 aliphatic heterocycles. The van der Waals surface area contributed by atoms with Gasteiger partial charge in [-0.15, -0.1) is 0 Å². The second-order valence-corrected chi connectivity index (χ2v) is 7.59. The van der Waals surface area contributed by atoms with Gasteiger partial charge in [0.15, 0.2) is 0 Å². The molecule has 0 saturated heterocycles. The molecule has 36 heavy (non-hydrogen) atoms. The number of carbonyl (C=O) groups is 2. The number of ether oxygens (including phenoxy) is 2. The molecule has 0 unspecified atom stereocenters. The number of amides is 2. The highest BCUT2D eigenvalue weighted by Gasteiger charge is 2.30. The molecule has 3 N–H and O–H groups in total. The summed E-state index contributed by atoms with van der Waals surface area (Å²) in [5.41, 5.74) is 0.379. The summed E-state index contributed by atoms with van der Waals surface area (Å²) in [7, 11) is 0. The molecule has 0 heterocycles. The zero-order valence-electron chi connectivity index (χ0n) is 19.5. The van der Waals surface area contributed by atoms with Crippen LogP contribution < -0.4 is 20.7 Å². The highest BCUT2D eigenvalue weighted by Crippen LogP contribution is 2.30. The first-order chi connectivity index (χ1) is 17.2. The first-order valence-corrected chi connectivity index (χ1v) is 11.2. The molecule has 7 nitrogen and oxygen atoms in total. The first-order valence-electron chi connectivity index (χ1n) is 11.2. The average molecular weight is 502 g/mol. The lowest BCUT2D eigenvalue weighted by Gasteiger charge is -2.12. The molecule has 3 aromatic carbocycles. The van der Waals surface area contributed by atoms with Crippen LogP contribution in [0, 0.1) is 0 Å². The highest BCUT2D eigenvalue weighted by atomic mass is 19.4. The van der Waals surface area contributed by atoms with E-state index in [1.165, 1.54) is 24.3 Å². The Hall–Kier alpha value is -4.05. The fourth-order valence-electron chi connectivity index (χ4n) is 3.16. The molecule has 0 radical (unpaired) electrons. The van der Waals surface area contributed by atoms with E-state index in [1.807, 2.05) is 6.92 Å². The average Bonchev–Trinajstić information content (AvgIpc) is 2.85. The van der Waals surface area contributed by atoms with E-state index in [4.69, 9.17) is 9.47 Å². The van der Waals surface area contributed by atoms with Crippen LogP contribution in [0.3, 0.4) is 0 Å². The molecule has 3 rings (SSSR count). The van der Waals surface area contributed by atoms with E-state index in [0.29, 0.717) is 36.9 Å². The van der Waals surface area contributed by atoms with Crippen LogP contribution in [-0.2, 0) is 15.7 Å². The van der Waals surface area contributed by atoms with Gasteiger partial charge in [-0.1, -0.05) is 18.2 Å². The standard InChI is InChI=1S/C26H26F3N3O4/c1-2-35-12-13-36-23-11-5-8-20(16-23)30-17-24(33)31-21-9-3-6-18(14-21)25(34)32-22-10-4-7-19(15-22)26(27,28)29/h3-11,14-16,30H,2,12-13,17H2,1H3,(H,31,33)(H,32,34). The van der Waals surface area contributed by atoms with E-state index in [2.05, 4.69) is 16.0 Å². The van der Waals surface area contributed by atoms with Gasteiger partial charge >= 0.3 is 6.18 Å². The van der Waals surface area contributed by atoms with E-state index in [-0.39, 0.29) is 23.7 Å². The van der Waals surface area contributed by atoms with Crippen LogP contribution in [0.15, 0.2) is 72.8 Å². The van der Waals surface area contributed by atoms with Gasteiger partial charge in [0, 0.05) is 35.3 Å². The maximum atomic E-state index is 12.9. The normalized spacial score (nSPS) is 11.0. The molecule has 2 amide bonds. The summed E-state index contributed by atoms with van der Waals surface area (Å²) in [6.07, 6.45) is -4.52. The van der Waals surface area contributed by atoms with Crippen LogP contribution in [0.5, 0.6) is 5.75 Å². The molecule has 0 aromatic heterocycles. The third kappa shape index (κ3) is 8.31. The van der Waals surface area contributed by atoms with Crippen molar-refractivity contribution in [2.75, 3.05) is 42.3 Å². The summed E-state index contributed by atoms with van der Waals surface area (Å²) in [6.45, 7) is 3.37. The van der Waals surface area contributed by atoms with E-state index >= 15 is 0 Å². The SMILES string of the molecule is CCOCCOc1cccc(NCC(=O)Nc2cccc(C(=O)Nc3cccc(C(F)(F)F)c3)c2)c1. The second kappa shape index (κ2) is 12.6. The Morgan fingerprint density at radius 2 is 1.53 bits per heavy atom. The summed E-state index contributed by atoms with van der Waals surface area (Å²) in [5.74, 6) is -0.322. The molecule has 0 fully saturated rings. The maximum Gasteiger partial charge on any atom is 0.416 e. The molecule has 3 aromatic rings. The van der Waals surface area contributed by atoms with Gasteiger partial charge in [0.1, 0.15) is 12.4 Å². The number of hydrogen-bond donors (Lipinski definition) is 3. The lowest BCUT2D eigenvalue weighted by molar-refractivity contribution is -0.137. The van der Waals surface area contributed by atoms with E-state index < -0.39 is 17.6 Å². The molecule has 0 bridgehead atoms. The minimum absolute atomic E-state index is 0.0116. The number of halogens is 3. The Morgan fingerprint density at radius 1 is 0.833 bits per heavy atom. The molecule has 190 valence electrons. The summed E-state index contributed by atoms with van der Waals surface area (Å²) in [6, 6.07) is 17.6. The number of hydrogen-bond acceptors (Lipinski definition) is 5. The van der Waals surface area contributed by atoms with Gasteiger partial charge in [-0.3, -0.25) is 9.59 Å². The predicted octanol–water partition coefficient (Wildman–Crippen LogP) is 5.42. The topological polar surface area (TPSA) is 88.7 Å². The summed E-state index contributed by atoms with van der Waals surface area (Å²) < 4.78 is 49.5. The zero-order chi connectivity index (χ0) is 26.0. The molecular formula is C26H26F3N3O4. The van der Waals surface area contributed by atoms with Crippen LogP contribution in [0.2, 0.25) is 0 Å². The molecule has 0 atom stereocenters. The number of nitrogens with one attached hydrogen (secondary N) is 3. The van der Waals surface area contributed by atoms with E-state index in [1.54, 1.807) is 36.4 Å². The van der Waals surface area contributed by atoms with Crippen molar-refractivity contribution in [1.82, 2.24) is 0 Å². The van der Waals surface area contributed by atoms with Crippen molar-refractivity contribution in [3.8, 4) is 5.75 Å². The van der Waals surface area contributed by atoms with Crippen molar-refractivity contribution in [2.24, 2.45) is 0 Å². The lowest BCUT2D eigenvalue weighted by atomic mass is 10.1. The van der Waals surface area contributed by atoms with Gasteiger partial charge < -0.3 is 25.4 Å². The zero-order valence-corrected chi connectivity index (χ0v) is 19.5. The van der Waals surface area contributed by atoms with E-state index in [9.17, 15) is 22.8 Å². The predicted molar refractivity (Wildman–Crippen MR) is 131 cm³/mol. The van der Waals surface area contributed by atoms with Crippen LogP contribution in [-0.4, -0.2) is 38.2 Å². The Bertz CT molecular complexity index is 1180. The number of alkyl halides is 3. The second-order valence-electron chi connectivity index (χ2n) is 7.59. The van der Waals surface area contributed by atoms with Gasteiger partial charge in [-0.05, 0) is 55.5 Å². The summed E-state index contributed by atoms with van der Waals surface area (Å²) >= 11 is 0. The van der Waals surface area contributed by atoms with Crippen LogP contribution >= 0.6 is 0 Å². The van der Waals surface area contributed by atoms with Gasteiger partial charge in [-0.25, -0.2) is 0 Å². The Balaban J connectivity index is 1.54. The molecule has 0 saturated carbocycles. The third-order valence-corrected chi connectivity index (χ3v) is 4.84. The Morgan fingerprint density at radius 3 is 2.28 bits per heavy atom. The van der Waals surface area contributed by atoms with Crippen molar-refractivity contribution in [3.05, 3.63) is 83.9 Å². The van der Waals surface area contributed by atoms with Crippen molar-refractivity contribution >= 4 is 28.9 Å². The lowest BCUT2D eigenvalue weighted by Crippen LogP contribution is -2.22. The first kappa shape index (κ1) is 26.6. The summed E-state index contributed by atoms with van der Waals surface area (Å²) in [4.78, 5) is 24.9. The van der Waals surface area contributed by atoms with Crippen LogP contribution in [0.1, 0.15) is 22.8 Å². The number of anilines is 3. The minimum atomic E-state index is -4.52. The minimum Gasteiger partial charge on any atom is -0.491 e. The Labute approximate surface area is 206 Å². The van der Waals surface area contributed by atoms with Gasteiger partial charge in [0.25, 0.3) is 5.91 Å². The van der Waals surface area contributed by atoms with Gasteiger partial charge in [0.05, 0.1) is 18.7 Å². The molecule has 0 aliphatic carbocycles. The fraction of sp³-hybridized carbons (Fsp3) is 0.231. The van der Waals surface area contributed by atoms with Gasteiger partial charge in [0.2, 0.25) is 5.91 Å². The largest absolute Gasteiger partial charge is 0.491 e. The molecule has 10 heteroatoms. The summed E-state index contributed by atoms with van der Waals surface area (Å²) in [5, 5.41) is 8.13. The smallest absolute Gasteiger partial charge is 0.416 e. The molecular weight excluding hydrogens is 475 g/mol. The maximum absolute atomic E-state index is 12.9. The Kier molecular flexibility index (Phi) is 9.29. The van der Waals surface area contributed by atoms with Gasteiger partial charge in [-0.2, -0.15) is 13.2 Å². The quantitative estimate of drug-likeness (QED) is 0.305. The van der Waals surface area contributed by atoms with Crippen molar-refractivity contribution in [2.45, 2.75) is 13.1 Å². The monoisotopic (exact) mass is 501 g/mol. The number of benzene rings is 3. The van der Waals surface area contributed by atoms with Crippen LogP contribution in [0.25, 0.3) is 0 Å². The van der Waals surface area contributed by atoms with Crippen molar-refractivity contribution < 1.29 is 32.2 Å².